The number of hydrogen-bond acceptors (Lipinski definition) is 5. The number of benzene rings is 7. The summed E-state index contributed by atoms with van der Waals surface area (Å²) in [5.41, 5.74) is 11.2. The van der Waals surface area contributed by atoms with Crippen molar-refractivity contribution in [3.05, 3.63) is 201 Å². The molecule has 0 aliphatic rings. The Labute approximate surface area is 324 Å². The molecule has 0 atom stereocenters. The van der Waals surface area contributed by atoms with Gasteiger partial charge in [0.15, 0.2) is 17.5 Å². The second-order valence-electron chi connectivity index (χ2n) is 13.7. The normalized spacial score (nSPS) is 11.2. The number of rotatable bonds is 7. The van der Waals surface area contributed by atoms with Crippen LogP contribution in [0.1, 0.15) is 0 Å². The zero-order chi connectivity index (χ0) is 37.3. The molecule has 0 saturated heterocycles. The summed E-state index contributed by atoms with van der Waals surface area (Å²) in [7, 11) is 0. The van der Waals surface area contributed by atoms with Crippen LogP contribution in [0, 0.1) is 0 Å². The van der Waals surface area contributed by atoms with E-state index >= 15 is 0 Å². The predicted molar refractivity (Wildman–Crippen MR) is 228 cm³/mol. The number of pyridine rings is 2. The topological polar surface area (TPSA) is 64.5 Å². The first-order chi connectivity index (χ1) is 27.8. The Kier molecular flexibility index (Phi) is 8.43. The van der Waals surface area contributed by atoms with Crippen LogP contribution < -0.4 is 0 Å². The maximum atomic E-state index is 5.20. The third-order valence-electron chi connectivity index (χ3n) is 10.3. The van der Waals surface area contributed by atoms with Gasteiger partial charge in [0.2, 0.25) is 0 Å². The van der Waals surface area contributed by atoms with E-state index in [9.17, 15) is 0 Å². The van der Waals surface area contributed by atoms with E-state index in [2.05, 4.69) is 113 Å². The molecule has 0 saturated carbocycles. The Morgan fingerprint density at radius 2 is 0.768 bits per heavy atom. The first-order valence-electron chi connectivity index (χ1n) is 18.6. The van der Waals surface area contributed by atoms with Gasteiger partial charge in [-0.25, -0.2) is 15.0 Å². The fraction of sp³-hybridized carbons (Fsp3) is 0. The summed E-state index contributed by atoms with van der Waals surface area (Å²) in [5.74, 6) is 1.82. The maximum absolute atomic E-state index is 5.20. The van der Waals surface area contributed by atoms with E-state index in [0.717, 1.165) is 61.2 Å². The molecule has 0 bridgehead atoms. The Hall–Kier alpha value is -7.63. The highest BCUT2D eigenvalue weighted by Gasteiger charge is 2.20. The van der Waals surface area contributed by atoms with Gasteiger partial charge in [0.05, 0.1) is 0 Å². The molecule has 0 fully saturated rings. The summed E-state index contributed by atoms with van der Waals surface area (Å²) in [4.78, 5) is 24.5. The molecule has 0 aliphatic heterocycles. The van der Waals surface area contributed by atoms with Crippen molar-refractivity contribution in [2.75, 3.05) is 0 Å². The minimum absolute atomic E-state index is 0.590. The molecular weight excluding hydrogens is 683 g/mol. The largest absolute Gasteiger partial charge is 0.264 e. The van der Waals surface area contributed by atoms with E-state index in [1.807, 2.05) is 97.6 Å². The number of fused-ring (bicyclic) bond motifs is 3. The monoisotopic (exact) mass is 715 g/mol. The minimum atomic E-state index is 0.590. The summed E-state index contributed by atoms with van der Waals surface area (Å²) >= 11 is 0. The van der Waals surface area contributed by atoms with Crippen molar-refractivity contribution in [1.82, 2.24) is 24.9 Å². The average Bonchev–Trinajstić information content (AvgIpc) is 3.29. The van der Waals surface area contributed by atoms with Gasteiger partial charge in [-0.1, -0.05) is 140 Å². The fourth-order valence-electron chi connectivity index (χ4n) is 7.68. The van der Waals surface area contributed by atoms with Crippen molar-refractivity contribution in [2.24, 2.45) is 0 Å². The first-order valence-corrected chi connectivity index (χ1v) is 18.6. The Morgan fingerprint density at radius 1 is 0.286 bits per heavy atom. The minimum Gasteiger partial charge on any atom is -0.264 e. The lowest BCUT2D eigenvalue weighted by Gasteiger charge is -2.19. The highest BCUT2D eigenvalue weighted by atomic mass is 15.0. The molecule has 10 rings (SSSR count). The van der Waals surface area contributed by atoms with Crippen molar-refractivity contribution < 1.29 is 0 Å². The van der Waals surface area contributed by atoms with Crippen LogP contribution in [0.25, 0.3) is 100 Å². The van der Waals surface area contributed by atoms with Crippen LogP contribution in [-0.4, -0.2) is 24.9 Å². The van der Waals surface area contributed by atoms with Gasteiger partial charge in [0, 0.05) is 52.6 Å². The fourth-order valence-corrected chi connectivity index (χ4v) is 7.68. The van der Waals surface area contributed by atoms with E-state index in [0.29, 0.717) is 17.5 Å². The van der Waals surface area contributed by atoms with Crippen LogP contribution in [0.4, 0.5) is 0 Å². The summed E-state index contributed by atoms with van der Waals surface area (Å²) in [6.07, 6.45) is 7.48. The van der Waals surface area contributed by atoms with Crippen molar-refractivity contribution in [3.63, 3.8) is 0 Å². The Balaban J connectivity index is 1.31. The van der Waals surface area contributed by atoms with Crippen molar-refractivity contribution in [1.29, 1.82) is 0 Å². The first kappa shape index (κ1) is 33.0. The second kappa shape index (κ2) is 14.3. The molecule has 3 heterocycles. The molecule has 0 spiro atoms. The second-order valence-corrected chi connectivity index (χ2v) is 13.7. The van der Waals surface area contributed by atoms with E-state index in [1.54, 1.807) is 0 Å². The lowest BCUT2D eigenvalue weighted by atomic mass is 9.85. The van der Waals surface area contributed by atoms with E-state index in [1.165, 1.54) is 21.5 Å². The van der Waals surface area contributed by atoms with Crippen molar-refractivity contribution in [2.45, 2.75) is 0 Å². The van der Waals surface area contributed by atoms with Gasteiger partial charge in [-0.3, -0.25) is 9.97 Å². The molecule has 7 aromatic carbocycles. The third kappa shape index (κ3) is 6.17. The molecule has 262 valence electrons. The molecule has 0 N–H and O–H groups in total. The van der Waals surface area contributed by atoms with Crippen molar-refractivity contribution in [3.8, 4) is 78.7 Å². The molecule has 0 radical (unpaired) electrons. The molecule has 3 aromatic heterocycles. The zero-order valence-electron chi connectivity index (χ0n) is 30.3. The Bertz CT molecular complexity index is 2890. The molecular formula is C51H33N5. The van der Waals surface area contributed by atoms with Gasteiger partial charge in [0.1, 0.15) is 0 Å². The molecule has 10 aromatic rings. The van der Waals surface area contributed by atoms with Crippen LogP contribution in [0.3, 0.4) is 0 Å². The summed E-state index contributed by atoms with van der Waals surface area (Å²) in [5, 5.41) is 4.78. The summed E-state index contributed by atoms with van der Waals surface area (Å²) < 4.78 is 0. The zero-order valence-corrected chi connectivity index (χ0v) is 30.3. The van der Waals surface area contributed by atoms with Gasteiger partial charge in [-0.2, -0.15) is 0 Å². The standard InChI is InChI=1S/C51H33N5/c1-3-14-34(15-4-1)49-54-50(35-16-5-2-6-17-35)56-51(55-49)41-29-39(47-31-36-18-7-8-21-42(36)45-22-9-10-23-46(45)47)28-40(30-41)48-43(37-19-12-26-52-32-37)24-11-25-44(48)38-20-13-27-53-33-38/h1-33H. The van der Waals surface area contributed by atoms with Crippen LogP contribution in [0.5, 0.6) is 0 Å². The number of nitrogens with zero attached hydrogens (tertiary/aromatic N) is 5. The highest BCUT2D eigenvalue weighted by molar-refractivity contribution is 6.14. The lowest BCUT2D eigenvalue weighted by molar-refractivity contribution is 1.07. The van der Waals surface area contributed by atoms with E-state index in [-0.39, 0.29) is 0 Å². The predicted octanol–water partition coefficient (Wildman–Crippen LogP) is 12.6. The van der Waals surface area contributed by atoms with Crippen LogP contribution >= 0.6 is 0 Å². The number of hydrogen-bond donors (Lipinski definition) is 0. The third-order valence-corrected chi connectivity index (χ3v) is 10.3. The van der Waals surface area contributed by atoms with Gasteiger partial charge < -0.3 is 0 Å². The van der Waals surface area contributed by atoms with Crippen LogP contribution in [0.2, 0.25) is 0 Å². The number of aromatic nitrogens is 5. The summed E-state index contributed by atoms with van der Waals surface area (Å²) in [6, 6.07) is 61.3. The average molecular weight is 716 g/mol. The van der Waals surface area contributed by atoms with Crippen LogP contribution in [0.15, 0.2) is 201 Å². The molecule has 56 heavy (non-hydrogen) atoms. The van der Waals surface area contributed by atoms with Crippen molar-refractivity contribution >= 4 is 21.5 Å². The van der Waals surface area contributed by atoms with E-state index in [4.69, 9.17) is 15.0 Å². The van der Waals surface area contributed by atoms with Gasteiger partial charge in [-0.15, -0.1) is 0 Å². The molecule has 0 unspecified atom stereocenters. The SMILES string of the molecule is c1ccc(-c2nc(-c3ccccc3)nc(-c3cc(-c4c(-c5cccnc5)cccc4-c4cccnc4)cc(-c4cc5ccccc5c5ccccc45)c3)n2)cc1. The van der Waals surface area contributed by atoms with E-state index < -0.39 is 0 Å². The lowest BCUT2D eigenvalue weighted by Crippen LogP contribution is -2.01. The van der Waals surface area contributed by atoms with Gasteiger partial charge in [0.25, 0.3) is 0 Å². The Morgan fingerprint density at radius 3 is 1.36 bits per heavy atom. The quantitative estimate of drug-likeness (QED) is 0.154. The molecule has 5 heteroatoms. The summed E-state index contributed by atoms with van der Waals surface area (Å²) in [6.45, 7) is 0. The maximum Gasteiger partial charge on any atom is 0.164 e. The van der Waals surface area contributed by atoms with Gasteiger partial charge in [-0.05, 0) is 91.3 Å². The molecule has 0 amide bonds. The molecule has 0 aliphatic carbocycles. The highest BCUT2D eigenvalue weighted by Crippen LogP contribution is 2.44. The molecule has 5 nitrogen and oxygen atoms in total. The smallest absolute Gasteiger partial charge is 0.164 e. The van der Waals surface area contributed by atoms with Gasteiger partial charge >= 0.3 is 0 Å². The van der Waals surface area contributed by atoms with Crippen LogP contribution in [-0.2, 0) is 0 Å².